The normalized spacial score (nSPS) is 9.81. The number of hydrogen-bond donors (Lipinski definition) is 1. The van der Waals surface area contributed by atoms with E-state index in [2.05, 4.69) is 0 Å². The molecule has 6 heteroatoms. The predicted octanol–water partition coefficient (Wildman–Crippen LogP) is 1.34. The lowest BCUT2D eigenvalue weighted by Gasteiger charge is -2.04. The number of aryl methyl sites for hydroxylation is 1. The average molecular weight is 223 g/mol. The molecule has 0 amide bonds. The van der Waals surface area contributed by atoms with Crippen LogP contribution in [-0.2, 0) is 11.2 Å². The van der Waals surface area contributed by atoms with Gasteiger partial charge in [-0.1, -0.05) is 0 Å². The van der Waals surface area contributed by atoms with Crippen molar-refractivity contribution in [3.8, 4) is 0 Å². The van der Waals surface area contributed by atoms with Crippen LogP contribution in [0, 0.1) is 17.0 Å². The smallest absolute Gasteiger partial charge is 0.307 e. The molecule has 0 heterocycles. The maximum Gasteiger partial charge on any atom is 0.307 e. The number of carbonyl (C=O) groups is 2. The highest BCUT2D eigenvalue weighted by atomic mass is 16.6. The van der Waals surface area contributed by atoms with Crippen molar-refractivity contribution in [3.05, 3.63) is 38.9 Å². The summed E-state index contributed by atoms with van der Waals surface area (Å²) in [6.45, 7) is 1.61. The molecular formula is C10H9NO5. The molecule has 0 fully saturated rings. The Labute approximate surface area is 90.7 Å². The van der Waals surface area contributed by atoms with E-state index in [4.69, 9.17) is 5.11 Å². The van der Waals surface area contributed by atoms with Crippen molar-refractivity contribution in [1.29, 1.82) is 0 Å². The maximum atomic E-state index is 10.6. The van der Waals surface area contributed by atoms with Crippen LogP contribution < -0.4 is 0 Å². The summed E-state index contributed by atoms with van der Waals surface area (Å²) >= 11 is 0. The van der Waals surface area contributed by atoms with Gasteiger partial charge in [0.05, 0.1) is 16.9 Å². The van der Waals surface area contributed by atoms with Gasteiger partial charge < -0.3 is 5.11 Å². The number of nitro groups is 1. The van der Waals surface area contributed by atoms with Crippen molar-refractivity contribution in [2.24, 2.45) is 0 Å². The quantitative estimate of drug-likeness (QED) is 0.472. The standard InChI is InChI=1S/C10H9NO5/c1-6-2-8(5-12)9(11(15)16)3-7(6)4-10(13)14/h2-3,5H,4H2,1H3,(H,13,14). The Balaban J connectivity index is 3.32. The Kier molecular flexibility index (Phi) is 3.34. The minimum Gasteiger partial charge on any atom is -0.481 e. The molecule has 0 spiro atoms. The monoisotopic (exact) mass is 223 g/mol. The number of carboxylic acids is 1. The van der Waals surface area contributed by atoms with Gasteiger partial charge in [0.1, 0.15) is 0 Å². The summed E-state index contributed by atoms with van der Waals surface area (Å²) in [4.78, 5) is 31.0. The minimum atomic E-state index is -1.07. The van der Waals surface area contributed by atoms with E-state index < -0.39 is 10.9 Å². The fourth-order valence-electron chi connectivity index (χ4n) is 1.37. The van der Waals surface area contributed by atoms with Crippen LogP contribution in [0.4, 0.5) is 5.69 Å². The number of carboxylic acid groups (broad SMARTS) is 1. The number of nitrogens with zero attached hydrogens (tertiary/aromatic N) is 1. The fourth-order valence-corrected chi connectivity index (χ4v) is 1.37. The fraction of sp³-hybridized carbons (Fsp3) is 0.200. The van der Waals surface area contributed by atoms with E-state index in [1.54, 1.807) is 6.92 Å². The zero-order valence-corrected chi connectivity index (χ0v) is 8.47. The first-order chi connectivity index (χ1) is 7.45. The molecule has 0 saturated carbocycles. The molecular weight excluding hydrogens is 214 g/mol. The Bertz CT molecular complexity index is 467. The lowest BCUT2D eigenvalue weighted by Crippen LogP contribution is -2.04. The third-order valence-electron chi connectivity index (χ3n) is 2.15. The van der Waals surface area contributed by atoms with Crippen molar-refractivity contribution >= 4 is 17.9 Å². The van der Waals surface area contributed by atoms with Crippen molar-refractivity contribution in [2.75, 3.05) is 0 Å². The lowest BCUT2D eigenvalue weighted by atomic mass is 10.0. The molecule has 1 aromatic carbocycles. The van der Waals surface area contributed by atoms with E-state index in [0.29, 0.717) is 17.4 Å². The molecule has 0 saturated heterocycles. The van der Waals surface area contributed by atoms with Gasteiger partial charge in [-0.25, -0.2) is 0 Å². The van der Waals surface area contributed by atoms with Crippen LogP contribution in [-0.4, -0.2) is 22.3 Å². The van der Waals surface area contributed by atoms with Crippen LogP contribution in [0.3, 0.4) is 0 Å². The Hall–Kier alpha value is -2.24. The van der Waals surface area contributed by atoms with Gasteiger partial charge in [-0.3, -0.25) is 19.7 Å². The van der Waals surface area contributed by atoms with Crippen LogP contribution >= 0.6 is 0 Å². The van der Waals surface area contributed by atoms with Gasteiger partial charge in [-0.05, 0) is 24.1 Å². The number of hydrogen-bond acceptors (Lipinski definition) is 4. The summed E-state index contributed by atoms with van der Waals surface area (Å²) in [5, 5.41) is 19.2. The molecule has 0 unspecified atom stereocenters. The van der Waals surface area contributed by atoms with Gasteiger partial charge in [0.15, 0.2) is 6.29 Å². The van der Waals surface area contributed by atoms with Crippen molar-refractivity contribution in [3.63, 3.8) is 0 Å². The summed E-state index contributed by atoms with van der Waals surface area (Å²) < 4.78 is 0. The van der Waals surface area contributed by atoms with E-state index in [0.717, 1.165) is 6.07 Å². The summed E-state index contributed by atoms with van der Waals surface area (Å²) in [5.74, 6) is -1.07. The molecule has 0 atom stereocenters. The van der Waals surface area contributed by atoms with Gasteiger partial charge in [-0.2, -0.15) is 0 Å². The van der Waals surface area contributed by atoms with E-state index >= 15 is 0 Å². The molecule has 0 radical (unpaired) electrons. The number of carbonyl (C=O) groups excluding carboxylic acids is 1. The Morgan fingerprint density at radius 3 is 2.62 bits per heavy atom. The highest BCUT2D eigenvalue weighted by Crippen LogP contribution is 2.22. The highest BCUT2D eigenvalue weighted by molar-refractivity contribution is 5.83. The van der Waals surface area contributed by atoms with Crippen LogP contribution in [0.2, 0.25) is 0 Å². The largest absolute Gasteiger partial charge is 0.481 e. The second kappa shape index (κ2) is 4.52. The van der Waals surface area contributed by atoms with Crippen LogP contribution in [0.15, 0.2) is 12.1 Å². The lowest BCUT2D eigenvalue weighted by molar-refractivity contribution is -0.385. The molecule has 0 aliphatic carbocycles. The summed E-state index contributed by atoms with van der Waals surface area (Å²) in [5.41, 5.74) is 0.480. The van der Waals surface area contributed by atoms with Crippen molar-refractivity contribution in [1.82, 2.24) is 0 Å². The molecule has 0 aliphatic rings. The number of aldehydes is 1. The number of rotatable bonds is 4. The summed E-state index contributed by atoms with van der Waals surface area (Å²) in [7, 11) is 0. The first kappa shape index (κ1) is 11.8. The van der Waals surface area contributed by atoms with Crippen LogP contribution in [0.5, 0.6) is 0 Å². The first-order valence-corrected chi connectivity index (χ1v) is 4.40. The molecule has 1 N–H and O–H groups in total. The SMILES string of the molecule is Cc1cc(C=O)c([N+](=O)[O-])cc1CC(=O)O. The number of nitro benzene ring substituents is 1. The minimum absolute atomic E-state index is 0.0448. The van der Waals surface area contributed by atoms with E-state index in [-0.39, 0.29) is 17.7 Å². The van der Waals surface area contributed by atoms with Crippen molar-refractivity contribution < 1.29 is 19.6 Å². The first-order valence-electron chi connectivity index (χ1n) is 4.40. The molecule has 0 bridgehead atoms. The second-order valence-electron chi connectivity index (χ2n) is 3.28. The van der Waals surface area contributed by atoms with E-state index in [1.165, 1.54) is 6.07 Å². The molecule has 16 heavy (non-hydrogen) atoms. The van der Waals surface area contributed by atoms with E-state index in [9.17, 15) is 19.7 Å². The molecule has 84 valence electrons. The summed E-state index contributed by atoms with van der Waals surface area (Å²) in [6, 6.07) is 2.45. The second-order valence-corrected chi connectivity index (χ2v) is 3.28. The molecule has 0 aliphatic heterocycles. The van der Waals surface area contributed by atoms with Gasteiger partial charge in [0.25, 0.3) is 5.69 Å². The molecule has 0 aromatic heterocycles. The van der Waals surface area contributed by atoms with Gasteiger partial charge >= 0.3 is 5.97 Å². The van der Waals surface area contributed by atoms with Gasteiger partial charge in [0, 0.05) is 6.07 Å². The molecule has 1 rings (SSSR count). The third-order valence-corrected chi connectivity index (χ3v) is 2.15. The topological polar surface area (TPSA) is 97.5 Å². The van der Waals surface area contributed by atoms with E-state index in [1.807, 2.05) is 0 Å². The summed E-state index contributed by atoms with van der Waals surface area (Å²) in [6.07, 6.45) is 0.0848. The van der Waals surface area contributed by atoms with Gasteiger partial charge in [0.2, 0.25) is 0 Å². The number of benzene rings is 1. The predicted molar refractivity (Wildman–Crippen MR) is 54.6 cm³/mol. The average Bonchev–Trinajstić information content (AvgIpc) is 2.19. The third kappa shape index (κ3) is 2.41. The number of aliphatic carboxylic acids is 1. The zero-order chi connectivity index (χ0) is 12.3. The molecule has 1 aromatic rings. The molecule has 6 nitrogen and oxygen atoms in total. The highest BCUT2D eigenvalue weighted by Gasteiger charge is 2.17. The van der Waals surface area contributed by atoms with Crippen LogP contribution in [0.1, 0.15) is 21.5 Å². The van der Waals surface area contributed by atoms with Gasteiger partial charge in [-0.15, -0.1) is 0 Å². The Morgan fingerprint density at radius 2 is 2.19 bits per heavy atom. The Morgan fingerprint density at radius 1 is 1.56 bits per heavy atom. The maximum absolute atomic E-state index is 10.6. The van der Waals surface area contributed by atoms with Crippen LogP contribution in [0.25, 0.3) is 0 Å². The van der Waals surface area contributed by atoms with Crippen molar-refractivity contribution in [2.45, 2.75) is 13.3 Å². The zero-order valence-electron chi connectivity index (χ0n) is 8.47.